The Balaban J connectivity index is 0.00000300. The van der Waals surface area contributed by atoms with Crippen molar-refractivity contribution in [2.75, 3.05) is 25.5 Å². The zero-order valence-electron chi connectivity index (χ0n) is 16.4. The molecule has 1 aliphatic rings. The molecule has 1 heterocycles. The van der Waals surface area contributed by atoms with E-state index in [2.05, 4.69) is 10.3 Å². The van der Waals surface area contributed by atoms with E-state index in [0.29, 0.717) is 22.9 Å². The summed E-state index contributed by atoms with van der Waals surface area (Å²) in [4.78, 5) is 18.8. The second-order valence-corrected chi connectivity index (χ2v) is 7.13. The summed E-state index contributed by atoms with van der Waals surface area (Å²) in [5, 5.41) is 3.50. The number of piperidine rings is 1. The van der Waals surface area contributed by atoms with Crippen LogP contribution >= 0.6 is 35.6 Å². The topological polar surface area (TPSA) is 80.0 Å². The number of carbonyl (C=O) groups is 1. The summed E-state index contributed by atoms with van der Waals surface area (Å²) in [6.45, 7) is 2.12. The van der Waals surface area contributed by atoms with Crippen molar-refractivity contribution < 1.29 is 9.53 Å². The first-order valence-corrected chi connectivity index (χ1v) is 9.73. The average Bonchev–Trinajstić information content (AvgIpc) is 2.73. The fourth-order valence-corrected chi connectivity index (χ4v) is 3.40. The van der Waals surface area contributed by atoms with Crippen LogP contribution in [-0.4, -0.2) is 37.0 Å². The van der Waals surface area contributed by atoms with E-state index in [1.54, 1.807) is 19.2 Å². The van der Waals surface area contributed by atoms with Crippen LogP contribution in [0.3, 0.4) is 0 Å². The van der Waals surface area contributed by atoms with Crippen molar-refractivity contribution in [2.45, 2.75) is 25.8 Å². The molecule has 0 aliphatic carbocycles. The zero-order chi connectivity index (χ0) is 19.9. The molecule has 6 nitrogen and oxygen atoms in total. The molecule has 8 heteroatoms. The van der Waals surface area contributed by atoms with E-state index in [1.165, 1.54) is 6.42 Å². The van der Waals surface area contributed by atoms with Crippen LogP contribution in [0.2, 0.25) is 5.02 Å². The summed E-state index contributed by atoms with van der Waals surface area (Å²) in [5.41, 5.74) is 8.38. The lowest BCUT2D eigenvalue weighted by molar-refractivity contribution is 0.0724. The fraction of sp³-hybridized carbons (Fsp3) is 0.333. The highest BCUT2D eigenvalue weighted by Gasteiger charge is 2.17. The smallest absolute Gasteiger partial charge is 0.253 e. The van der Waals surface area contributed by atoms with Crippen molar-refractivity contribution in [3.63, 3.8) is 0 Å². The third kappa shape index (κ3) is 6.50. The number of guanidine groups is 1. The highest BCUT2D eigenvalue weighted by Crippen LogP contribution is 2.27. The van der Waals surface area contributed by atoms with Gasteiger partial charge in [-0.25, -0.2) is 4.99 Å². The molecule has 0 saturated carbocycles. The van der Waals surface area contributed by atoms with E-state index in [4.69, 9.17) is 22.1 Å². The van der Waals surface area contributed by atoms with Crippen molar-refractivity contribution in [2.24, 2.45) is 10.7 Å². The number of anilines is 1. The van der Waals surface area contributed by atoms with Crippen LogP contribution in [0.1, 0.15) is 35.2 Å². The van der Waals surface area contributed by atoms with Gasteiger partial charge in [-0.15, -0.1) is 24.0 Å². The Bertz CT molecular complexity index is 852. The van der Waals surface area contributed by atoms with Gasteiger partial charge >= 0.3 is 0 Å². The first kappa shape index (κ1) is 23.3. The lowest BCUT2D eigenvalue weighted by Crippen LogP contribution is -2.35. The maximum atomic E-state index is 12.5. The van der Waals surface area contributed by atoms with Gasteiger partial charge in [0, 0.05) is 24.3 Å². The van der Waals surface area contributed by atoms with Gasteiger partial charge in [0.05, 0.1) is 18.7 Å². The molecular formula is C21H26ClIN4O2. The van der Waals surface area contributed by atoms with E-state index in [-0.39, 0.29) is 35.8 Å². The van der Waals surface area contributed by atoms with E-state index in [1.807, 2.05) is 35.2 Å². The van der Waals surface area contributed by atoms with Gasteiger partial charge < -0.3 is 20.7 Å². The second-order valence-electron chi connectivity index (χ2n) is 6.73. The first-order chi connectivity index (χ1) is 13.6. The Labute approximate surface area is 193 Å². The Hall–Kier alpha value is -2.00. The molecule has 1 aliphatic heterocycles. The largest absolute Gasteiger partial charge is 0.495 e. The van der Waals surface area contributed by atoms with Gasteiger partial charge in [-0.2, -0.15) is 0 Å². The third-order valence-corrected chi connectivity index (χ3v) is 5.00. The summed E-state index contributed by atoms with van der Waals surface area (Å²) in [6, 6.07) is 12.8. The Kier molecular flexibility index (Phi) is 9.03. The Morgan fingerprint density at radius 2 is 1.86 bits per heavy atom. The maximum Gasteiger partial charge on any atom is 0.253 e. The maximum absolute atomic E-state index is 12.5. The lowest BCUT2D eigenvalue weighted by atomic mass is 10.1. The Morgan fingerprint density at radius 1 is 1.17 bits per heavy atom. The van der Waals surface area contributed by atoms with Crippen molar-refractivity contribution in [3.05, 3.63) is 58.6 Å². The molecule has 1 saturated heterocycles. The number of nitrogens with two attached hydrogens (primary N) is 1. The normalized spacial score (nSPS) is 14.1. The van der Waals surface area contributed by atoms with Crippen LogP contribution in [0.15, 0.2) is 47.5 Å². The molecule has 0 spiro atoms. The highest BCUT2D eigenvalue weighted by molar-refractivity contribution is 14.0. The molecule has 2 aromatic carbocycles. The number of aliphatic imine (C=N–C) groups is 1. The Morgan fingerprint density at radius 3 is 2.48 bits per heavy atom. The minimum absolute atomic E-state index is 0. The number of nitrogens with zero attached hydrogens (tertiary/aromatic N) is 2. The molecule has 2 aromatic rings. The summed E-state index contributed by atoms with van der Waals surface area (Å²) in [5.74, 6) is 0.990. The SMILES string of the molecule is COc1ccc(NC(N)=NCc2ccc(C(=O)N3CCCCC3)cc2)cc1Cl.I. The minimum atomic E-state index is 0. The van der Waals surface area contributed by atoms with Gasteiger partial charge in [0.2, 0.25) is 0 Å². The molecule has 1 amide bonds. The number of benzene rings is 2. The lowest BCUT2D eigenvalue weighted by Gasteiger charge is -2.26. The molecule has 0 unspecified atom stereocenters. The first-order valence-electron chi connectivity index (χ1n) is 9.35. The van der Waals surface area contributed by atoms with Gasteiger partial charge in [-0.3, -0.25) is 4.79 Å². The zero-order valence-corrected chi connectivity index (χ0v) is 19.4. The molecule has 0 bridgehead atoms. The van der Waals surface area contributed by atoms with E-state index in [0.717, 1.165) is 37.2 Å². The molecule has 156 valence electrons. The highest BCUT2D eigenvalue weighted by atomic mass is 127. The molecule has 29 heavy (non-hydrogen) atoms. The van der Waals surface area contributed by atoms with Gasteiger partial charge in [-0.1, -0.05) is 23.7 Å². The molecule has 0 atom stereocenters. The summed E-state index contributed by atoms with van der Waals surface area (Å²) >= 11 is 6.11. The predicted molar refractivity (Wildman–Crippen MR) is 129 cm³/mol. The van der Waals surface area contributed by atoms with Crippen LogP contribution in [0, 0.1) is 0 Å². The van der Waals surface area contributed by atoms with Crippen LogP contribution in [0.5, 0.6) is 5.75 Å². The van der Waals surface area contributed by atoms with Crippen molar-refractivity contribution in [3.8, 4) is 5.75 Å². The number of methoxy groups -OCH3 is 1. The molecule has 1 fully saturated rings. The summed E-state index contributed by atoms with van der Waals surface area (Å²) in [6.07, 6.45) is 3.38. The van der Waals surface area contributed by atoms with Crippen LogP contribution in [0.25, 0.3) is 0 Å². The van der Waals surface area contributed by atoms with Crippen molar-refractivity contribution >= 4 is 53.1 Å². The quantitative estimate of drug-likeness (QED) is 0.340. The van der Waals surface area contributed by atoms with Gasteiger partial charge in [-0.05, 0) is 55.2 Å². The number of ether oxygens (including phenoxy) is 1. The number of nitrogens with one attached hydrogen (secondary N) is 1. The van der Waals surface area contributed by atoms with Crippen LogP contribution in [0.4, 0.5) is 5.69 Å². The number of carbonyl (C=O) groups excluding carboxylic acids is 1. The molecule has 3 rings (SSSR count). The number of hydrogen-bond donors (Lipinski definition) is 2. The van der Waals surface area contributed by atoms with Crippen LogP contribution in [-0.2, 0) is 6.54 Å². The van der Waals surface area contributed by atoms with E-state index < -0.39 is 0 Å². The van der Waals surface area contributed by atoms with Gasteiger partial charge in [0.1, 0.15) is 5.75 Å². The minimum Gasteiger partial charge on any atom is -0.495 e. The molecule has 3 N–H and O–H groups in total. The number of amides is 1. The monoisotopic (exact) mass is 528 g/mol. The number of likely N-dealkylation sites (tertiary alicyclic amines) is 1. The van der Waals surface area contributed by atoms with E-state index in [9.17, 15) is 4.79 Å². The summed E-state index contributed by atoms with van der Waals surface area (Å²) in [7, 11) is 1.56. The predicted octanol–water partition coefficient (Wildman–Crippen LogP) is 4.52. The number of rotatable bonds is 5. The fourth-order valence-electron chi connectivity index (χ4n) is 3.14. The van der Waals surface area contributed by atoms with Crippen LogP contribution < -0.4 is 15.8 Å². The second kappa shape index (κ2) is 11.3. The van der Waals surface area contributed by atoms with Crippen molar-refractivity contribution in [1.82, 2.24) is 4.90 Å². The molecule has 0 radical (unpaired) electrons. The van der Waals surface area contributed by atoms with Gasteiger partial charge in [0.15, 0.2) is 5.96 Å². The molecule has 0 aromatic heterocycles. The number of halogens is 2. The van der Waals surface area contributed by atoms with E-state index >= 15 is 0 Å². The standard InChI is InChI=1S/C21H25ClN4O2.HI/c1-28-19-10-9-17(13-18(19)22)25-21(23)24-14-15-5-7-16(8-6-15)20(27)26-11-3-2-4-12-26;/h5-10,13H,2-4,11-12,14H2,1H3,(H3,23,24,25);1H. The van der Waals surface area contributed by atoms with Gasteiger partial charge in [0.25, 0.3) is 5.91 Å². The van der Waals surface area contributed by atoms with Crippen molar-refractivity contribution in [1.29, 1.82) is 0 Å². The third-order valence-electron chi connectivity index (χ3n) is 4.70. The number of hydrogen-bond acceptors (Lipinski definition) is 3. The molecular weight excluding hydrogens is 503 g/mol. The average molecular weight is 529 g/mol. The summed E-state index contributed by atoms with van der Waals surface area (Å²) < 4.78 is 5.13.